The van der Waals surface area contributed by atoms with Crippen molar-refractivity contribution in [3.05, 3.63) is 36.2 Å². The highest BCUT2D eigenvalue weighted by atomic mass is 32.2. The Balaban J connectivity index is 2.05. The first-order valence-corrected chi connectivity index (χ1v) is 6.79. The molecule has 5 heteroatoms. The molecule has 0 atom stereocenters. The van der Waals surface area contributed by atoms with Crippen LogP contribution in [0.2, 0.25) is 0 Å². The summed E-state index contributed by atoms with van der Waals surface area (Å²) in [5.41, 5.74) is 7.92. The Bertz CT molecular complexity index is 525. The van der Waals surface area contributed by atoms with Crippen molar-refractivity contribution in [1.82, 2.24) is 9.78 Å². The van der Waals surface area contributed by atoms with E-state index in [-0.39, 0.29) is 0 Å². The number of rotatable bonds is 5. The fraction of sp³-hybridized carbons (Fsp3) is 0.308. The fourth-order valence-electron chi connectivity index (χ4n) is 1.58. The number of hydrogen-bond donors (Lipinski definition) is 1. The van der Waals surface area contributed by atoms with E-state index in [0.29, 0.717) is 0 Å². The van der Waals surface area contributed by atoms with Crippen LogP contribution in [0.4, 0.5) is 5.69 Å². The van der Waals surface area contributed by atoms with Gasteiger partial charge in [0, 0.05) is 34.6 Å². The Morgan fingerprint density at radius 3 is 2.94 bits per heavy atom. The average molecular weight is 263 g/mol. The maximum Gasteiger partial charge on any atom is 0.120 e. The normalized spacial score (nSPS) is 10.6. The Hall–Kier alpha value is -1.62. The molecule has 0 aliphatic carbocycles. The van der Waals surface area contributed by atoms with Gasteiger partial charge in [-0.15, -0.1) is 11.8 Å². The number of nitrogen functional groups attached to an aromatic ring is 1. The first-order valence-electron chi connectivity index (χ1n) is 5.80. The molecule has 1 aromatic heterocycles. The number of hydrogen-bond acceptors (Lipinski definition) is 4. The highest BCUT2D eigenvalue weighted by Crippen LogP contribution is 2.31. The van der Waals surface area contributed by atoms with Crippen LogP contribution in [0.25, 0.3) is 0 Å². The first kappa shape index (κ1) is 12.8. The molecular formula is C13H17N3OS. The summed E-state index contributed by atoms with van der Waals surface area (Å²) in [6.45, 7) is 2.97. The zero-order chi connectivity index (χ0) is 13.0. The summed E-state index contributed by atoms with van der Waals surface area (Å²) in [6, 6.07) is 5.70. The summed E-state index contributed by atoms with van der Waals surface area (Å²) in [5, 5.41) is 4.25. The van der Waals surface area contributed by atoms with Gasteiger partial charge in [0.05, 0.1) is 13.3 Å². The summed E-state index contributed by atoms with van der Waals surface area (Å²) in [7, 11) is 1.66. The second-order valence-corrected chi connectivity index (χ2v) is 4.91. The van der Waals surface area contributed by atoms with E-state index in [9.17, 15) is 0 Å². The molecular weight excluding hydrogens is 246 g/mol. The molecule has 4 nitrogen and oxygen atoms in total. The Morgan fingerprint density at radius 1 is 1.44 bits per heavy atom. The van der Waals surface area contributed by atoms with Gasteiger partial charge < -0.3 is 10.5 Å². The molecule has 0 aliphatic heterocycles. The molecule has 2 N–H and O–H groups in total. The van der Waals surface area contributed by atoms with Crippen LogP contribution in [0.3, 0.4) is 0 Å². The second kappa shape index (κ2) is 5.82. The van der Waals surface area contributed by atoms with Gasteiger partial charge in [-0.1, -0.05) is 0 Å². The summed E-state index contributed by atoms with van der Waals surface area (Å²) in [4.78, 5) is 1.04. The summed E-state index contributed by atoms with van der Waals surface area (Å²) in [6.07, 6.45) is 3.95. The minimum atomic E-state index is 0.781. The van der Waals surface area contributed by atoms with Crippen molar-refractivity contribution in [2.75, 3.05) is 12.8 Å². The molecule has 1 heterocycles. The molecule has 18 heavy (non-hydrogen) atoms. The van der Waals surface area contributed by atoms with E-state index in [1.54, 1.807) is 18.9 Å². The minimum Gasteiger partial charge on any atom is -0.497 e. The van der Waals surface area contributed by atoms with E-state index in [1.165, 1.54) is 5.56 Å². The van der Waals surface area contributed by atoms with Crippen LogP contribution < -0.4 is 10.5 Å². The summed E-state index contributed by atoms with van der Waals surface area (Å²) < 4.78 is 7.12. The van der Waals surface area contributed by atoms with Gasteiger partial charge in [0.25, 0.3) is 0 Å². The summed E-state index contributed by atoms with van der Waals surface area (Å²) in [5.74, 6) is 1.69. The number of methoxy groups -OCH3 is 1. The van der Waals surface area contributed by atoms with Gasteiger partial charge in [-0.2, -0.15) is 5.10 Å². The van der Waals surface area contributed by atoms with E-state index in [0.717, 1.165) is 28.6 Å². The first-order chi connectivity index (χ1) is 8.72. The van der Waals surface area contributed by atoms with Gasteiger partial charge >= 0.3 is 0 Å². The lowest BCUT2D eigenvalue weighted by molar-refractivity contribution is 0.414. The van der Waals surface area contributed by atoms with Crippen LogP contribution >= 0.6 is 11.8 Å². The fourth-order valence-corrected chi connectivity index (χ4v) is 2.49. The average Bonchev–Trinajstić information content (AvgIpc) is 2.86. The molecule has 0 radical (unpaired) electrons. The van der Waals surface area contributed by atoms with E-state index in [2.05, 4.69) is 18.2 Å². The molecule has 0 bridgehead atoms. The number of thioether (sulfide) groups is 1. The molecule has 0 saturated carbocycles. The SMILES string of the molecule is CCn1cc(CSc2cc(OC)ccc2N)cn1. The third-order valence-corrected chi connectivity index (χ3v) is 3.77. The van der Waals surface area contributed by atoms with Crippen molar-refractivity contribution in [3.8, 4) is 5.75 Å². The quantitative estimate of drug-likeness (QED) is 0.665. The Kier molecular flexibility index (Phi) is 4.15. The lowest BCUT2D eigenvalue weighted by Gasteiger charge is -2.07. The van der Waals surface area contributed by atoms with Crippen molar-refractivity contribution in [1.29, 1.82) is 0 Å². The number of benzene rings is 1. The molecule has 2 rings (SSSR count). The van der Waals surface area contributed by atoms with Crippen LogP contribution in [-0.4, -0.2) is 16.9 Å². The van der Waals surface area contributed by atoms with Gasteiger partial charge in [0.15, 0.2) is 0 Å². The molecule has 2 aromatic rings. The van der Waals surface area contributed by atoms with E-state index >= 15 is 0 Å². The lowest BCUT2D eigenvalue weighted by Crippen LogP contribution is -1.92. The van der Waals surface area contributed by atoms with Gasteiger partial charge in [-0.3, -0.25) is 4.68 Å². The van der Waals surface area contributed by atoms with E-state index in [1.807, 2.05) is 29.1 Å². The van der Waals surface area contributed by atoms with Crippen LogP contribution in [0.5, 0.6) is 5.75 Å². The standard InChI is InChI=1S/C13H17N3OS/c1-3-16-8-10(7-15-16)9-18-13-6-11(17-2)4-5-12(13)14/h4-8H,3,9,14H2,1-2H3. The van der Waals surface area contributed by atoms with E-state index in [4.69, 9.17) is 10.5 Å². The van der Waals surface area contributed by atoms with Crippen molar-refractivity contribution in [3.63, 3.8) is 0 Å². The highest BCUT2D eigenvalue weighted by molar-refractivity contribution is 7.98. The molecule has 1 aromatic carbocycles. The maximum absolute atomic E-state index is 5.94. The minimum absolute atomic E-state index is 0.781. The smallest absolute Gasteiger partial charge is 0.120 e. The molecule has 0 saturated heterocycles. The molecule has 96 valence electrons. The number of nitrogens with zero attached hydrogens (tertiary/aromatic N) is 2. The maximum atomic E-state index is 5.94. The topological polar surface area (TPSA) is 53.1 Å². The molecule has 0 aliphatic rings. The molecule has 0 fully saturated rings. The molecule has 0 amide bonds. The zero-order valence-corrected chi connectivity index (χ0v) is 11.4. The predicted molar refractivity (Wildman–Crippen MR) is 74.9 cm³/mol. The van der Waals surface area contributed by atoms with Crippen LogP contribution in [0.15, 0.2) is 35.5 Å². The molecule has 0 unspecified atom stereocenters. The van der Waals surface area contributed by atoms with Crippen molar-refractivity contribution in [2.45, 2.75) is 24.1 Å². The zero-order valence-electron chi connectivity index (χ0n) is 10.6. The van der Waals surface area contributed by atoms with Gasteiger partial charge in [-0.05, 0) is 25.1 Å². The number of aryl methyl sites for hydroxylation is 1. The van der Waals surface area contributed by atoms with Gasteiger partial charge in [0.2, 0.25) is 0 Å². The van der Waals surface area contributed by atoms with Crippen molar-refractivity contribution in [2.24, 2.45) is 0 Å². The second-order valence-electron chi connectivity index (χ2n) is 3.90. The van der Waals surface area contributed by atoms with Gasteiger partial charge in [0.1, 0.15) is 5.75 Å². The highest BCUT2D eigenvalue weighted by Gasteiger charge is 2.04. The summed E-state index contributed by atoms with van der Waals surface area (Å²) >= 11 is 1.70. The van der Waals surface area contributed by atoms with Crippen LogP contribution in [-0.2, 0) is 12.3 Å². The van der Waals surface area contributed by atoms with Crippen LogP contribution in [0, 0.1) is 0 Å². The van der Waals surface area contributed by atoms with Crippen LogP contribution in [0.1, 0.15) is 12.5 Å². The Morgan fingerprint density at radius 2 is 2.28 bits per heavy atom. The predicted octanol–water partition coefficient (Wildman–Crippen LogP) is 2.79. The Labute approximate surface area is 111 Å². The monoisotopic (exact) mass is 263 g/mol. The largest absolute Gasteiger partial charge is 0.497 e. The number of ether oxygens (including phenoxy) is 1. The van der Waals surface area contributed by atoms with Crippen molar-refractivity contribution < 1.29 is 4.74 Å². The van der Waals surface area contributed by atoms with E-state index < -0.39 is 0 Å². The lowest BCUT2D eigenvalue weighted by atomic mass is 10.3. The van der Waals surface area contributed by atoms with Gasteiger partial charge in [-0.25, -0.2) is 0 Å². The number of anilines is 1. The number of aromatic nitrogens is 2. The number of nitrogens with two attached hydrogens (primary N) is 1. The third-order valence-electron chi connectivity index (χ3n) is 2.63. The third kappa shape index (κ3) is 2.98. The molecule has 0 spiro atoms. The van der Waals surface area contributed by atoms with Crippen molar-refractivity contribution >= 4 is 17.4 Å².